The monoisotopic (exact) mass is 288 g/mol. The molecule has 2 N–H and O–H groups in total. The molecule has 0 radical (unpaired) electrons. The van der Waals surface area contributed by atoms with E-state index in [4.69, 9.17) is 10.2 Å². The van der Waals surface area contributed by atoms with Gasteiger partial charge in [-0.2, -0.15) is 0 Å². The fourth-order valence-electron chi connectivity index (χ4n) is 1.21. The molecule has 0 unspecified atom stereocenters. The second-order valence-electron chi connectivity index (χ2n) is 3.44. The molecule has 20 heavy (non-hydrogen) atoms. The molecular weight excluding hydrogens is 281 g/mol. The zero-order valence-corrected chi connectivity index (χ0v) is 9.69. The standard InChI is InChI=1S/C12H7F3O5/c13-12(14,15)20-9-6-7(2-1-3-10(16)17)4-5-8(9)11(18)19/h4-6H,3H2,(H,16,17)(H,18,19). The van der Waals surface area contributed by atoms with Crippen molar-refractivity contribution in [1.82, 2.24) is 0 Å². The summed E-state index contributed by atoms with van der Waals surface area (Å²) < 4.78 is 40.0. The van der Waals surface area contributed by atoms with Crippen LogP contribution in [-0.2, 0) is 4.79 Å². The summed E-state index contributed by atoms with van der Waals surface area (Å²) in [5, 5.41) is 17.1. The lowest BCUT2D eigenvalue weighted by molar-refractivity contribution is -0.274. The third-order valence-electron chi connectivity index (χ3n) is 1.91. The van der Waals surface area contributed by atoms with Crippen molar-refractivity contribution in [3.05, 3.63) is 29.3 Å². The maximum Gasteiger partial charge on any atom is 0.573 e. The van der Waals surface area contributed by atoms with E-state index in [1.54, 1.807) is 0 Å². The topological polar surface area (TPSA) is 83.8 Å². The summed E-state index contributed by atoms with van der Waals surface area (Å²) in [6.45, 7) is 0. The molecule has 8 heteroatoms. The number of halogens is 3. The number of hydrogen-bond donors (Lipinski definition) is 2. The number of carbonyl (C=O) groups is 2. The summed E-state index contributed by atoms with van der Waals surface area (Å²) >= 11 is 0. The summed E-state index contributed by atoms with van der Waals surface area (Å²) in [5.74, 6) is 0.816. The Morgan fingerprint density at radius 3 is 2.40 bits per heavy atom. The molecule has 0 saturated heterocycles. The van der Waals surface area contributed by atoms with Crippen molar-refractivity contribution in [1.29, 1.82) is 0 Å². The molecule has 0 aromatic heterocycles. The zero-order chi connectivity index (χ0) is 15.3. The first-order valence-electron chi connectivity index (χ1n) is 5.03. The van der Waals surface area contributed by atoms with Gasteiger partial charge in [0.25, 0.3) is 0 Å². The third-order valence-corrected chi connectivity index (χ3v) is 1.91. The van der Waals surface area contributed by atoms with Gasteiger partial charge >= 0.3 is 18.3 Å². The minimum Gasteiger partial charge on any atom is -0.481 e. The largest absolute Gasteiger partial charge is 0.573 e. The molecule has 106 valence electrons. The summed E-state index contributed by atoms with van der Waals surface area (Å²) in [6.07, 6.45) is -5.53. The van der Waals surface area contributed by atoms with E-state index in [0.29, 0.717) is 0 Å². The number of carboxylic acids is 2. The van der Waals surface area contributed by atoms with E-state index in [1.165, 1.54) is 0 Å². The molecule has 1 rings (SSSR count). The van der Waals surface area contributed by atoms with E-state index in [1.807, 2.05) is 0 Å². The van der Waals surface area contributed by atoms with E-state index in [0.717, 1.165) is 18.2 Å². The minimum absolute atomic E-state index is 0.00972. The first kappa shape index (κ1) is 15.4. The van der Waals surface area contributed by atoms with Gasteiger partial charge in [-0.15, -0.1) is 13.2 Å². The van der Waals surface area contributed by atoms with Gasteiger partial charge in [0.05, 0.1) is 0 Å². The molecule has 0 bridgehead atoms. The summed E-state index contributed by atoms with van der Waals surface area (Å²) in [6, 6.07) is 2.83. The van der Waals surface area contributed by atoms with Crippen molar-refractivity contribution >= 4 is 11.9 Å². The van der Waals surface area contributed by atoms with Crippen LogP contribution in [0.4, 0.5) is 13.2 Å². The third kappa shape index (κ3) is 4.89. The lowest BCUT2D eigenvalue weighted by atomic mass is 10.1. The Morgan fingerprint density at radius 2 is 1.90 bits per heavy atom. The predicted octanol–water partition coefficient (Wildman–Crippen LogP) is 2.11. The number of aromatic carboxylic acids is 1. The molecule has 0 amide bonds. The average molecular weight is 288 g/mol. The maximum absolute atomic E-state index is 12.1. The van der Waals surface area contributed by atoms with Crippen LogP contribution in [0, 0.1) is 11.8 Å². The molecule has 0 spiro atoms. The van der Waals surface area contributed by atoms with Crippen LogP contribution in [0.3, 0.4) is 0 Å². The Labute approximate surface area is 110 Å². The van der Waals surface area contributed by atoms with Crippen molar-refractivity contribution < 1.29 is 37.7 Å². The van der Waals surface area contributed by atoms with Gasteiger partial charge in [0, 0.05) is 5.56 Å². The van der Waals surface area contributed by atoms with Gasteiger partial charge in [0.1, 0.15) is 17.7 Å². The molecule has 0 aliphatic heterocycles. The highest BCUT2D eigenvalue weighted by Crippen LogP contribution is 2.27. The van der Waals surface area contributed by atoms with Gasteiger partial charge in [0.2, 0.25) is 0 Å². The van der Waals surface area contributed by atoms with Crippen molar-refractivity contribution in [3.63, 3.8) is 0 Å². The second kappa shape index (κ2) is 5.97. The maximum atomic E-state index is 12.1. The Balaban J connectivity index is 3.12. The Bertz CT molecular complexity index is 595. The molecule has 1 aromatic rings. The van der Waals surface area contributed by atoms with Crippen molar-refractivity contribution in [2.24, 2.45) is 0 Å². The fourth-order valence-corrected chi connectivity index (χ4v) is 1.21. The highest BCUT2D eigenvalue weighted by Gasteiger charge is 2.33. The van der Waals surface area contributed by atoms with E-state index in [2.05, 4.69) is 16.6 Å². The van der Waals surface area contributed by atoms with Gasteiger partial charge in [-0.1, -0.05) is 11.8 Å². The Morgan fingerprint density at radius 1 is 1.25 bits per heavy atom. The SMILES string of the molecule is O=C(O)CC#Cc1ccc(C(=O)O)c(OC(F)(F)F)c1. The number of carboxylic acid groups (broad SMARTS) is 2. The number of aliphatic carboxylic acids is 1. The highest BCUT2D eigenvalue weighted by molar-refractivity contribution is 5.91. The molecule has 0 aliphatic rings. The molecule has 5 nitrogen and oxygen atoms in total. The van der Waals surface area contributed by atoms with Gasteiger partial charge in [0.15, 0.2) is 0 Å². The smallest absolute Gasteiger partial charge is 0.481 e. The summed E-state index contributed by atoms with van der Waals surface area (Å²) in [4.78, 5) is 21.0. The normalized spacial score (nSPS) is 10.3. The Hall–Kier alpha value is -2.69. The first-order valence-corrected chi connectivity index (χ1v) is 5.03. The lowest BCUT2D eigenvalue weighted by Crippen LogP contribution is -2.19. The van der Waals surface area contributed by atoms with Gasteiger partial charge < -0.3 is 14.9 Å². The quantitative estimate of drug-likeness (QED) is 0.832. The van der Waals surface area contributed by atoms with Crippen LogP contribution in [0.1, 0.15) is 22.3 Å². The van der Waals surface area contributed by atoms with Crippen LogP contribution >= 0.6 is 0 Å². The number of rotatable bonds is 3. The van der Waals surface area contributed by atoms with E-state index in [-0.39, 0.29) is 5.56 Å². The molecule has 0 heterocycles. The van der Waals surface area contributed by atoms with Crippen molar-refractivity contribution in [2.45, 2.75) is 12.8 Å². The van der Waals surface area contributed by atoms with Gasteiger partial charge in [-0.25, -0.2) is 4.79 Å². The molecule has 0 aliphatic carbocycles. The van der Waals surface area contributed by atoms with Crippen LogP contribution in [0.5, 0.6) is 5.75 Å². The minimum atomic E-state index is -5.04. The summed E-state index contributed by atoms with van der Waals surface area (Å²) in [5.41, 5.74) is -0.665. The zero-order valence-electron chi connectivity index (χ0n) is 9.69. The average Bonchev–Trinajstić information content (AvgIpc) is 2.25. The number of alkyl halides is 3. The number of ether oxygens (including phenoxy) is 1. The molecule has 1 aromatic carbocycles. The molecule has 0 fully saturated rings. The van der Waals surface area contributed by atoms with Crippen molar-refractivity contribution in [2.75, 3.05) is 0 Å². The van der Waals surface area contributed by atoms with Crippen molar-refractivity contribution in [3.8, 4) is 17.6 Å². The van der Waals surface area contributed by atoms with Crippen LogP contribution in [0.25, 0.3) is 0 Å². The van der Waals surface area contributed by atoms with Crippen LogP contribution in [0.15, 0.2) is 18.2 Å². The number of hydrogen-bond acceptors (Lipinski definition) is 3. The first-order chi connectivity index (χ1) is 9.19. The van der Waals surface area contributed by atoms with Crippen LogP contribution < -0.4 is 4.74 Å². The van der Waals surface area contributed by atoms with E-state index in [9.17, 15) is 22.8 Å². The van der Waals surface area contributed by atoms with Crippen LogP contribution in [0.2, 0.25) is 0 Å². The predicted molar refractivity (Wildman–Crippen MR) is 59.2 cm³/mol. The number of benzene rings is 1. The summed E-state index contributed by atoms with van der Waals surface area (Å²) in [7, 11) is 0. The van der Waals surface area contributed by atoms with Gasteiger partial charge in [-0.05, 0) is 18.2 Å². The highest BCUT2D eigenvalue weighted by atomic mass is 19.4. The molecular formula is C12H7F3O5. The molecule has 0 saturated carbocycles. The Kier molecular flexibility index (Phi) is 4.59. The fraction of sp³-hybridized carbons (Fsp3) is 0.167. The molecule has 0 atom stereocenters. The van der Waals surface area contributed by atoms with E-state index >= 15 is 0 Å². The van der Waals surface area contributed by atoms with Crippen LogP contribution in [-0.4, -0.2) is 28.5 Å². The second-order valence-corrected chi connectivity index (χ2v) is 3.44. The van der Waals surface area contributed by atoms with E-state index < -0.39 is 36.0 Å². The lowest BCUT2D eigenvalue weighted by Gasteiger charge is -2.11. The van der Waals surface area contributed by atoms with Gasteiger partial charge in [-0.3, -0.25) is 4.79 Å².